The van der Waals surface area contributed by atoms with E-state index in [1.54, 1.807) is 19.1 Å². The van der Waals surface area contributed by atoms with Crippen LogP contribution in [-0.4, -0.2) is 63.8 Å². The molecule has 0 radical (unpaired) electrons. The minimum atomic E-state index is -0.269. The van der Waals surface area contributed by atoms with Gasteiger partial charge in [-0.1, -0.05) is 6.07 Å². The number of likely N-dealkylation sites (tertiary alicyclic amines) is 1. The monoisotopic (exact) mass is 378 g/mol. The third kappa shape index (κ3) is 6.13. The molecule has 1 fully saturated rings. The molecule has 0 saturated carbocycles. The lowest BCUT2D eigenvalue weighted by molar-refractivity contribution is -0.129. The van der Waals surface area contributed by atoms with Crippen LogP contribution in [-0.2, 0) is 20.7 Å². The largest absolute Gasteiger partial charge is 0.493 e. The summed E-state index contributed by atoms with van der Waals surface area (Å²) in [5, 5.41) is 2.90. The summed E-state index contributed by atoms with van der Waals surface area (Å²) < 4.78 is 15.8. The Hall–Kier alpha value is -2.28. The molecule has 0 aromatic heterocycles. The maximum Gasteiger partial charge on any atom is 0.225 e. The summed E-state index contributed by atoms with van der Waals surface area (Å²) in [6, 6.07) is 5.74. The molecule has 1 aromatic carbocycles. The van der Waals surface area contributed by atoms with E-state index in [4.69, 9.17) is 14.2 Å². The first-order valence-electron chi connectivity index (χ1n) is 9.43. The second-order valence-corrected chi connectivity index (χ2v) is 6.52. The van der Waals surface area contributed by atoms with E-state index in [-0.39, 0.29) is 24.2 Å². The minimum Gasteiger partial charge on any atom is -0.493 e. The van der Waals surface area contributed by atoms with Gasteiger partial charge in [0, 0.05) is 39.3 Å². The summed E-state index contributed by atoms with van der Waals surface area (Å²) >= 11 is 0. The lowest BCUT2D eigenvalue weighted by Gasteiger charge is -2.17. The Labute approximate surface area is 161 Å². The van der Waals surface area contributed by atoms with Crippen LogP contribution in [0.3, 0.4) is 0 Å². The zero-order valence-corrected chi connectivity index (χ0v) is 16.5. The second kappa shape index (κ2) is 10.8. The highest BCUT2D eigenvalue weighted by atomic mass is 16.5. The van der Waals surface area contributed by atoms with E-state index >= 15 is 0 Å². The highest BCUT2D eigenvalue weighted by Crippen LogP contribution is 2.28. The molecule has 1 atom stereocenters. The Morgan fingerprint density at radius 2 is 2.04 bits per heavy atom. The first-order valence-corrected chi connectivity index (χ1v) is 9.43. The molecule has 0 bridgehead atoms. The van der Waals surface area contributed by atoms with Crippen molar-refractivity contribution in [3.63, 3.8) is 0 Å². The van der Waals surface area contributed by atoms with Crippen molar-refractivity contribution in [2.45, 2.75) is 26.2 Å². The standard InChI is InChI=1S/C20H30N2O5/c1-4-27-11-5-9-21-20(24)16-13-19(23)22(14-16)10-8-15-6-7-17(25-2)18(12-15)26-3/h6-7,12,16H,4-5,8-11,13-14H2,1-3H3,(H,21,24). The van der Waals surface area contributed by atoms with Crippen LogP contribution in [0, 0.1) is 5.92 Å². The van der Waals surface area contributed by atoms with E-state index < -0.39 is 0 Å². The SMILES string of the molecule is CCOCCCNC(=O)C1CC(=O)N(CCc2ccc(OC)c(OC)c2)C1. The van der Waals surface area contributed by atoms with Crippen molar-refractivity contribution in [2.24, 2.45) is 5.92 Å². The zero-order chi connectivity index (χ0) is 19.6. The van der Waals surface area contributed by atoms with Crippen LogP contribution >= 0.6 is 0 Å². The molecule has 0 aliphatic carbocycles. The molecule has 1 heterocycles. The van der Waals surface area contributed by atoms with Crippen molar-refractivity contribution in [2.75, 3.05) is 47.1 Å². The molecule has 1 N–H and O–H groups in total. The number of ether oxygens (including phenoxy) is 3. The first kappa shape index (κ1) is 21.0. The van der Waals surface area contributed by atoms with E-state index in [1.165, 1.54) is 0 Å². The van der Waals surface area contributed by atoms with Crippen LogP contribution in [0.1, 0.15) is 25.3 Å². The number of carbonyl (C=O) groups is 2. The van der Waals surface area contributed by atoms with Crippen LogP contribution in [0.2, 0.25) is 0 Å². The molecule has 0 spiro atoms. The average molecular weight is 378 g/mol. The number of hydrogen-bond donors (Lipinski definition) is 1. The fraction of sp³-hybridized carbons (Fsp3) is 0.600. The van der Waals surface area contributed by atoms with E-state index in [1.807, 2.05) is 25.1 Å². The number of carbonyl (C=O) groups excluding carboxylic acids is 2. The van der Waals surface area contributed by atoms with Gasteiger partial charge in [0.2, 0.25) is 11.8 Å². The molecular weight excluding hydrogens is 348 g/mol. The maximum atomic E-state index is 12.2. The molecule has 7 heteroatoms. The lowest BCUT2D eigenvalue weighted by Crippen LogP contribution is -2.34. The Morgan fingerprint density at radius 3 is 2.74 bits per heavy atom. The van der Waals surface area contributed by atoms with E-state index in [2.05, 4.69) is 5.32 Å². The predicted molar refractivity (Wildman–Crippen MR) is 102 cm³/mol. The number of hydrogen-bond acceptors (Lipinski definition) is 5. The minimum absolute atomic E-state index is 0.0324. The molecule has 150 valence electrons. The normalized spacial score (nSPS) is 16.5. The Balaban J connectivity index is 1.79. The number of rotatable bonds is 11. The smallest absolute Gasteiger partial charge is 0.225 e. The average Bonchev–Trinajstić information content (AvgIpc) is 3.06. The van der Waals surface area contributed by atoms with Crippen LogP contribution in [0.15, 0.2) is 18.2 Å². The molecule has 1 aliphatic heterocycles. The van der Waals surface area contributed by atoms with Gasteiger partial charge in [-0.15, -0.1) is 0 Å². The third-order valence-electron chi connectivity index (χ3n) is 4.67. The number of amides is 2. The van der Waals surface area contributed by atoms with Gasteiger partial charge in [-0.25, -0.2) is 0 Å². The van der Waals surface area contributed by atoms with Gasteiger partial charge in [-0.3, -0.25) is 9.59 Å². The van der Waals surface area contributed by atoms with Gasteiger partial charge >= 0.3 is 0 Å². The van der Waals surface area contributed by atoms with Crippen molar-refractivity contribution in [1.82, 2.24) is 10.2 Å². The van der Waals surface area contributed by atoms with Gasteiger partial charge in [0.25, 0.3) is 0 Å². The first-order chi connectivity index (χ1) is 13.1. The molecule has 1 saturated heterocycles. The molecule has 7 nitrogen and oxygen atoms in total. The van der Waals surface area contributed by atoms with E-state index in [0.717, 1.165) is 12.0 Å². The third-order valence-corrected chi connectivity index (χ3v) is 4.67. The molecule has 27 heavy (non-hydrogen) atoms. The number of benzene rings is 1. The highest BCUT2D eigenvalue weighted by molar-refractivity contribution is 5.89. The molecule has 2 amide bonds. The molecule has 1 aliphatic rings. The van der Waals surface area contributed by atoms with Crippen LogP contribution in [0.4, 0.5) is 0 Å². The van der Waals surface area contributed by atoms with Gasteiger partial charge < -0.3 is 24.4 Å². The fourth-order valence-electron chi connectivity index (χ4n) is 3.14. The van der Waals surface area contributed by atoms with E-state index in [9.17, 15) is 9.59 Å². The second-order valence-electron chi connectivity index (χ2n) is 6.52. The number of methoxy groups -OCH3 is 2. The predicted octanol–water partition coefficient (Wildman–Crippen LogP) is 1.64. The van der Waals surface area contributed by atoms with Gasteiger partial charge in [-0.2, -0.15) is 0 Å². The van der Waals surface area contributed by atoms with Crippen molar-refractivity contribution < 1.29 is 23.8 Å². The molecule has 1 unspecified atom stereocenters. The van der Waals surface area contributed by atoms with Crippen LogP contribution in [0.25, 0.3) is 0 Å². The Kier molecular flexibility index (Phi) is 8.39. The Bertz CT molecular complexity index is 635. The van der Waals surface area contributed by atoms with Crippen molar-refractivity contribution in [3.8, 4) is 11.5 Å². The van der Waals surface area contributed by atoms with Crippen molar-refractivity contribution >= 4 is 11.8 Å². The van der Waals surface area contributed by atoms with Crippen LogP contribution < -0.4 is 14.8 Å². The van der Waals surface area contributed by atoms with Crippen molar-refractivity contribution in [1.29, 1.82) is 0 Å². The van der Waals surface area contributed by atoms with Gasteiger partial charge in [0.05, 0.1) is 20.1 Å². The molecule has 2 rings (SSSR count). The van der Waals surface area contributed by atoms with Gasteiger partial charge in [0.1, 0.15) is 0 Å². The number of nitrogens with zero attached hydrogens (tertiary/aromatic N) is 1. The summed E-state index contributed by atoms with van der Waals surface area (Å²) in [7, 11) is 3.20. The van der Waals surface area contributed by atoms with E-state index in [0.29, 0.717) is 50.8 Å². The van der Waals surface area contributed by atoms with Gasteiger partial charge in [0.15, 0.2) is 11.5 Å². The van der Waals surface area contributed by atoms with Gasteiger partial charge in [-0.05, 0) is 37.5 Å². The summed E-state index contributed by atoms with van der Waals surface area (Å²) in [5.41, 5.74) is 1.06. The topological polar surface area (TPSA) is 77.1 Å². The highest BCUT2D eigenvalue weighted by Gasteiger charge is 2.33. The summed E-state index contributed by atoms with van der Waals surface area (Å²) in [6.07, 6.45) is 1.77. The quantitative estimate of drug-likeness (QED) is 0.593. The number of nitrogens with one attached hydrogen (secondary N) is 1. The lowest BCUT2D eigenvalue weighted by atomic mass is 10.1. The Morgan fingerprint density at radius 1 is 1.26 bits per heavy atom. The summed E-state index contributed by atoms with van der Waals surface area (Å²) in [5.74, 6) is 1.07. The van der Waals surface area contributed by atoms with Crippen LogP contribution in [0.5, 0.6) is 11.5 Å². The fourth-order valence-corrected chi connectivity index (χ4v) is 3.14. The summed E-state index contributed by atoms with van der Waals surface area (Å²) in [4.78, 5) is 26.2. The summed E-state index contributed by atoms with van der Waals surface area (Å²) in [6.45, 7) is 4.90. The van der Waals surface area contributed by atoms with Crippen molar-refractivity contribution in [3.05, 3.63) is 23.8 Å². The maximum absolute atomic E-state index is 12.2. The molecule has 1 aromatic rings. The zero-order valence-electron chi connectivity index (χ0n) is 16.5. The molecular formula is C20H30N2O5.